The molecule has 0 spiro atoms. The quantitative estimate of drug-likeness (QED) is 0.764. The minimum absolute atomic E-state index is 0.0883. The maximum absolute atomic E-state index is 12.0. The topological polar surface area (TPSA) is 92.5 Å². The molecule has 0 radical (unpaired) electrons. The molecule has 1 aromatic carbocycles. The summed E-state index contributed by atoms with van der Waals surface area (Å²) < 4.78 is 22.3. The smallest absolute Gasteiger partial charge is 0.241 e. The molecular formula is C18H29N3O3S. The Bertz CT molecular complexity index is 665. The number of sulfone groups is 1. The molecule has 1 aromatic rings. The number of nitrogens with one attached hydrogen (secondary N) is 1. The number of hydrogen-bond donors (Lipinski definition) is 2. The number of rotatable bonds is 7. The highest BCUT2D eigenvalue weighted by molar-refractivity contribution is 7.90. The predicted molar refractivity (Wildman–Crippen MR) is 101 cm³/mol. The highest BCUT2D eigenvalue weighted by Crippen LogP contribution is 2.19. The van der Waals surface area contributed by atoms with Crippen LogP contribution in [0.4, 0.5) is 5.69 Å². The van der Waals surface area contributed by atoms with E-state index in [1.165, 1.54) is 18.4 Å². The molecule has 6 nitrogen and oxygen atoms in total. The molecule has 1 fully saturated rings. The fourth-order valence-electron chi connectivity index (χ4n) is 2.88. The molecule has 0 saturated carbocycles. The van der Waals surface area contributed by atoms with Gasteiger partial charge in [-0.15, -0.1) is 0 Å². The van der Waals surface area contributed by atoms with Crippen LogP contribution in [0.1, 0.15) is 31.7 Å². The van der Waals surface area contributed by atoms with Gasteiger partial charge in [0.15, 0.2) is 0 Å². The molecule has 140 valence electrons. The van der Waals surface area contributed by atoms with Crippen LogP contribution in [0.3, 0.4) is 0 Å². The summed E-state index contributed by atoms with van der Waals surface area (Å²) in [6, 6.07) is 6.92. The van der Waals surface area contributed by atoms with Crippen molar-refractivity contribution in [3.63, 3.8) is 0 Å². The van der Waals surface area contributed by atoms with Crippen LogP contribution < -0.4 is 11.1 Å². The number of anilines is 1. The molecule has 3 N–H and O–H groups in total. The first kappa shape index (κ1) is 19.9. The van der Waals surface area contributed by atoms with Crippen molar-refractivity contribution in [2.45, 2.75) is 38.8 Å². The number of nitrogens with two attached hydrogens (primary N) is 1. The molecule has 1 aliphatic heterocycles. The van der Waals surface area contributed by atoms with Gasteiger partial charge in [-0.3, -0.25) is 9.69 Å². The van der Waals surface area contributed by atoms with Gasteiger partial charge in [0.1, 0.15) is 9.84 Å². The number of benzene rings is 1. The number of nitrogens with zero attached hydrogens (tertiary/aromatic N) is 1. The number of amides is 1. The van der Waals surface area contributed by atoms with E-state index >= 15 is 0 Å². The predicted octanol–water partition coefficient (Wildman–Crippen LogP) is 1.62. The minimum Gasteiger partial charge on any atom is -0.325 e. The molecule has 0 bridgehead atoms. The Kier molecular flexibility index (Phi) is 6.98. The van der Waals surface area contributed by atoms with Crippen LogP contribution in [0.2, 0.25) is 0 Å². The highest BCUT2D eigenvalue weighted by Gasteiger charge is 2.17. The normalized spacial score (nSPS) is 18.0. The average Bonchev–Trinajstić information content (AvgIpc) is 2.56. The molecule has 1 atom stereocenters. The Hall–Kier alpha value is -1.44. The summed E-state index contributed by atoms with van der Waals surface area (Å²) >= 11 is 0. The van der Waals surface area contributed by atoms with Gasteiger partial charge in [-0.1, -0.05) is 19.1 Å². The van der Waals surface area contributed by atoms with Crippen molar-refractivity contribution in [3.05, 3.63) is 29.8 Å². The molecule has 1 unspecified atom stereocenters. The third-order valence-corrected chi connectivity index (χ3v) is 5.62. The SMILES string of the molecule is CC1CCN(Cc2ccc(NC(=O)C(N)CCS(C)(=O)=O)cc2)CC1. The van der Waals surface area contributed by atoms with E-state index in [4.69, 9.17) is 5.73 Å². The molecule has 0 aromatic heterocycles. The Balaban J connectivity index is 1.82. The van der Waals surface area contributed by atoms with Crippen molar-refractivity contribution in [2.75, 3.05) is 30.4 Å². The summed E-state index contributed by atoms with van der Waals surface area (Å²) in [7, 11) is -3.11. The Morgan fingerprint density at radius 2 is 1.88 bits per heavy atom. The zero-order valence-electron chi connectivity index (χ0n) is 15.1. The van der Waals surface area contributed by atoms with E-state index in [-0.39, 0.29) is 18.1 Å². The van der Waals surface area contributed by atoms with Crippen molar-refractivity contribution < 1.29 is 13.2 Å². The van der Waals surface area contributed by atoms with Crippen LogP contribution in [-0.4, -0.2) is 50.4 Å². The maximum atomic E-state index is 12.0. The molecule has 2 rings (SSSR count). The van der Waals surface area contributed by atoms with Gasteiger partial charge >= 0.3 is 0 Å². The summed E-state index contributed by atoms with van der Waals surface area (Å²) in [6.07, 6.45) is 3.76. The third kappa shape index (κ3) is 7.13. The van der Waals surface area contributed by atoms with Gasteiger partial charge in [0.2, 0.25) is 5.91 Å². The van der Waals surface area contributed by atoms with Gasteiger partial charge in [-0.2, -0.15) is 0 Å². The zero-order chi connectivity index (χ0) is 18.4. The van der Waals surface area contributed by atoms with Crippen molar-refractivity contribution in [1.82, 2.24) is 4.90 Å². The van der Waals surface area contributed by atoms with Crippen LogP contribution in [0.25, 0.3) is 0 Å². The molecule has 1 aliphatic rings. The molecule has 7 heteroatoms. The highest BCUT2D eigenvalue weighted by atomic mass is 32.2. The summed E-state index contributed by atoms with van der Waals surface area (Å²) in [5, 5.41) is 2.74. The lowest BCUT2D eigenvalue weighted by atomic mass is 9.99. The summed E-state index contributed by atoms with van der Waals surface area (Å²) in [6.45, 7) is 5.49. The van der Waals surface area contributed by atoms with Gasteiger partial charge in [-0.25, -0.2) is 8.42 Å². The largest absolute Gasteiger partial charge is 0.325 e. The number of hydrogen-bond acceptors (Lipinski definition) is 5. The molecular weight excluding hydrogens is 338 g/mol. The monoisotopic (exact) mass is 367 g/mol. The second-order valence-electron chi connectivity index (χ2n) is 7.17. The summed E-state index contributed by atoms with van der Waals surface area (Å²) in [5.74, 6) is 0.372. The van der Waals surface area contributed by atoms with Crippen molar-refractivity contribution >= 4 is 21.4 Å². The zero-order valence-corrected chi connectivity index (χ0v) is 15.9. The van der Waals surface area contributed by atoms with E-state index in [0.29, 0.717) is 5.69 Å². The Morgan fingerprint density at radius 1 is 1.28 bits per heavy atom. The molecule has 1 amide bonds. The van der Waals surface area contributed by atoms with E-state index in [2.05, 4.69) is 17.1 Å². The first-order chi connectivity index (χ1) is 11.7. The number of piperidine rings is 1. The lowest BCUT2D eigenvalue weighted by Gasteiger charge is -2.30. The molecule has 1 heterocycles. The standard InChI is InChI=1S/C18H29N3O3S/c1-14-7-10-21(11-8-14)13-15-3-5-16(6-4-15)20-18(22)17(19)9-12-25(2,23)24/h3-6,14,17H,7-13,19H2,1-2H3,(H,20,22). The van der Waals surface area contributed by atoms with Crippen LogP contribution in [0, 0.1) is 5.92 Å². The summed E-state index contributed by atoms with van der Waals surface area (Å²) in [5.41, 5.74) is 7.65. The van der Waals surface area contributed by atoms with Gasteiger partial charge in [0.05, 0.1) is 11.8 Å². The Labute approximate surface area is 150 Å². The van der Waals surface area contributed by atoms with Crippen LogP contribution in [0.5, 0.6) is 0 Å². The van der Waals surface area contributed by atoms with Crippen LogP contribution in [0.15, 0.2) is 24.3 Å². The molecule has 0 aliphatic carbocycles. The Morgan fingerprint density at radius 3 is 2.44 bits per heavy atom. The van der Waals surface area contributed by atoms with Crippen LogP contribution in [-0.2, 0) is 21.2 Å². The first-order valence-electron chi connectivity index (χ1n) is 8.78. The lowest BCUT2D eigenvalue weighted by molar-refractivity contribution is -0.117. The van der Waals surface area contributed by atoms with E-state index in [1.807, 2.05) is 24.3 Å². The fraction of sp³-hybridized carbons (Fsp3) is 0.611. The first-order valence-corrected chi connectivity index (χ1v) is 10.8. The molecule has 25 heavy (non-hydrogen) atoms. The van der Waals surface area contributed by atoms with E-state index in [9.17, 15) is 13.2 Å². The maximum Gasteiger partial charge on any atom is 0.241 e. The number of carbonyl (C=O) groups is 1. The summed E-state index contributed by atoms with van der Waals surface area (Å²) in [4.78, 5) is 14.5. The van der Waals surface area contributed by atoms with E-state index in [1.54, 1.807) is 0 Å². The number of likely N-dealkylation sites (tertiary alicyclic amines) is 1. The van der Waals surface area contributed by atoms with Gasteiger partial charge < -0.3 is 11.1 Å². The average molecular weight is 368 g/mol. The number of carbonyl (C=O) groups excluding carboxylic acids is 1. The lowest BCUT2D eigenvalue weighted by Crippen LogP contribution is -2.37. The van der Waals surface area contributed by atoms with E-state index in [0.717, 1.165) is 31.8 Å². The minimum atomic E-state index is -3.11. The van der Waals surface area contributed by atoms with Gasteiger partial charge in [0, 0.05) is 18.5 Å². The fourth-order valence-corrected chi connectivity index (χ4v) is 3.56. The van der Waals surface area contributed by atoms with Gasteiger partial charge in [0.25, 0.3) is 0 Å². The van der Waals surface area contributed by atoms with Crippen LogP contribution >= 0.6 is 0 Å². The van der Waals surface area contributed by atoms with Crippen molar-refractivity contribution in [1.29, 1.82) is 0 Å². The second-order valence-corrected chi connectivity index (χ2v) is 9.43. The molecule has 1 saturated heterocycles. The van der Waals surface area contributed by atoms with E-state index < -0.39 is 15.9 Å². The van der Waals surface area contributed by atoms with Crippen molar-refractivity contribution in [2.24, 2.45) is 11.7 Å². The second kappa shape index (κ2) is 8.78. The van der Waals surface area contributed by atoms with Gasteiger partial charge in [-0.05, 0) is 56.0 Å². The van der Waals surface area contributed by atoms with Crippen molar-refractivity contribution in [3.8, 4) is 0 Å². The third-order valence-electron chi connectivity index (χ3n) is 4.64.